The lowest BCUT2D eigenvalue weighted by atomic mass is 9.85. The second-order valence-corrected chi connectivity index (χ2v) is 5.44. The average Bonchev–Trinajstić information content (AvgIpc) is 2.44. The molecule has 0 radical (unpaired) electrons. The molecule has 0 saturated heterocycles. The van der Waals surface area contributed by atoms with Crippen molar-refractivity contribution in [1.82, 2.24) is 10.6 Å². The average molecular weight is 288 g/mol. The lowest BCUT2D eigenvalue weighted by molar-refractivity contribution is 0.0956. The Kier molecular flexibility index (Phi) is 5.60. The maximum Gasteiger partial charge on any atom is 0.251 e. The Bertz CT molecular complexity index is 492. The van der Waals surface area contributed by atoms with E-state index in [1.807, 2.05) is 31.2 Å². The van der Waals surface area contributed by atoms with E-state index >= 15 is 0 Å². The van der Waals surface area contributed by atoms with Gasteiger partial charge in [-0.15, -0.1) is 0 Å². The van der Waals surface area contributed by atoms with Crippen molar-refractivity contribution in [3.63, 3.8) is 0 Å². The first-order chi connectivity index (χ1) is 10.2. The number of aliphatic imine (C=N–C) groups is 1. The Morgan fingerprint density at radius 1 is 1.29 bits per heavy atom. The van der Waals surface area contributed by atoms with Crippen molar-refractivity contribution in [3.8, 4) is 0 Å². The van der Waals surface area contributed by atoms with Gasteiger partial charge in [-0.1, -0.05) is 18.6 Å². The first-order valence-corrected chi connectivity index (χ1v) is 7.60. The monoisotopic (exact) mass is 288 g/mol. The number of nitrogens with two attached hydrogens (primary N) is 1. The molecule has 0 heterocycles. The summed E-state index contributed by atoms with van der Waals surface area (Å²) in [6.45, 7) is 3.99. The topological polar surface area (TPSA) is 79.5 Å². The van der Waals surface area contributed by atoms with Crippen LogP contribution in [-0.4, -0.2) is 25.0 Å². The number of nitrogens with one attached hydrogen (secondary N) is 2. The minimum absolute atomic E-state index is 0.0470. The molecule has 5 heteroatoms. The zero-order valence-electron chi connectivity index (χ0n) is 12.6. The van der Waals surface area contributed by atoms with Gasteiger partial charge in [-0.05, 0) is 43.4 Å². The molecular formula is C16H24N4O. The van der Waals surface area contributed by atoms with Crippen molar-refractivity contribution in [2.24, 2.45) is 16.6 Å². The molecular weight excluding hydrogens is 264 g/mol. The molecule has 1 aromatic carbocycles. The standard InChI is InChI=1S/C16H24N4O/c1-2-18-15(21)14-8-6-13(7-9-14)11-20-16(17)19-10-12-4-3-5-12/h6-9,12H,2-5,10-11H2,1H3,(H,18,21)(H3,17,19,20). The Morgan fingerprint density at radius 3 is 2.57 bits per heavy atom. The number of hydrogen-bond donors (Lipinski definition) is 3. The van der Waals surface area contributed by atoms with Gasteiger partial charge in [0.1, 0.15) is 0 Å². The summed E-state index contributed by atoms with van der Waals surface area (Å²) in [5.74, 6) is 1.21. The van der Waals surface area contributed by atoms with Crippen LogP contribution in [0.1, 0.15) is 42.1 Å². The quantitative estimate of drug-likeness (QED) is 0.550. The maximum atomic E-state index is 11.6. The van der Waals surface area contributed by atoms with Gasteiger partial charge in [0.15, 0.2) is 5.96 Å². The number of guanidine groups is 1. The van der Waals surface area contributed by atoms with E-state index in [2.05, 4.69) is 15.6 Å². The molecule has 1 amide bonds. The largest absolute Gasteiger partial charge is 0.370 e. The van der Waals surface area contributed by atoms with E-state index < -0.39 is 0 Å². The van der Waals surface area contributed by atoms with Crippen molar-refractivity contribution >= 4 is 11.9 Å². The summed E-state index contributed by atoms with van der Waals surface area (Å²) in [5, 5.41) is 5.94. The van der Waals surface area contributed by atoms with Crippen molar-refractivity contribution in [3.05, 3.63) is 35.4 Å². The summed E-state index contributed by atoms with van der Waals surface area (Å²) in [7, 11) is 0. The Hall–Kier alpha value is -2.04. The first kappa shape index (κ1) is 15.4. The van der Waals surface area contributed by atoms with Gasteiger partial charge in [-0.2, -0.15) is 0 Å². The van der Waals surface area contributed by atoms with E-state index in [1.54, 1.807) is 0 Å². The molecule has 0 aromatic heterocycles. The fraction of sp³-hybridized carbons (Fsp3) is 0.500. The van der Waals surface area contributed by atoms with Crippen LogP contribution in [0.4, 0.5) is 0 Å². The number of carbonyl (C=O) groups is 1. The molecule has 1 aliphatic carbocycles. The molecule has 0 spiro atoms. The van der Waals surface area contributed by atoms with Crippen molar-refractivity contribution in [2.75, 3.05) is 13.1 Å². The minimum Gasteiger partial charge on any atom is -0.370 e. The van der Waals surface area contributed by atoms with Crippen LogP contribution in [-0.2, 0) is 6.54 Å². The molecule has 0 unspecified atom stereocenters. The highest BCUT2D eigenvalue weighted by Gasteiger charge is 2.16. The van der Waals surface area contributed by atoms with E-state index in [-0.39, 0.29) is 5.91 Å². The molecule has 0 aliphatic heterocycles. The van der Waals surface area contributed by atoms with Gasteiger partial charge >= 0.3 is 0 Å². The molecule has 2 rings (SSSR count). The summed E-state index contributed by atoms with van der Waals surface area (Å²) < 4.78 is 0. The lowest BCUT2D eigenvalue weighted by Crippen LogP contribution is -2.37. The van der Waals surface area contributed by atoms with Crippen LogP contribution in [0.15, 0.2) is 29.3 Å². The van der Waals surface area contributed by atoms with Crippen LogP contribution in [0.5, 0.6) is 0 Å². The van der Waals surface area contributed by atoms with E-state index in [4.69, 9.17) is 5.73 Å². The lowest BCUT2D eigenvalue weighted by Gasteiger charge is -2.25. The molecule has 4 N–H and O–H groups in total. The van der Waals surface area contributed by atoms with E-state index in [1.165, 1.54) is 19.3 Å². The number of benzene rings is 1. The second-order valence-electron chi connectivity index (χ2n) is 5.44. The van der Waals surface area contributed by atoms with Crippen molar-refractivity contribution in [1.29, 1.82) is 0 Å². The molecule has 0 atom stereocenters. The van der Waals surface area contributed by atoms with Gasteiger partial charge in [-0.25, -0.2) is 4.99 Å². The van der Waals surface area contributed by atoms with E-state index in [0.717, 1.165) is 18.0 Å². The summed E-state index contributed by atoms with van der Waals surface area (Å²) >= 11 is 0. The molecule has 5 nitrogen and oxygen atoms in total. The number of hydrogen-bond acceptors (Lipinski definition) is 2. The van der Waals surface area contributed by atoms with Gasteiger partial charge in [0.2, 0.25) is 0 Å². The van der Waals surface area contributed by atoms with Gasteiger partial charge < -0.3 is 16.4 Å². The maximum absolute atomic E-state index is 11.6. The molecule has 1 fully saturated rings. The van der Waals surface area contributed by atoms with Crippen molar-refractivity contribution < 1.29 is 4.79 Å². The second kappa shape index (κ2) is 7.67. The number of carbonyl (C=O) groups excluding carboxylic acids is 1. The predicted octanol–water partition coefficient (Wildman–Crippen LogP) is 1.64. The SMILES string of the molecule is CCNC(=O)c1ccc(CN=C(N)NCC2CCC2)cc1. The molecule has 0 bridgehead atoms. The van der Waals surface area contributed by atoms with Crippen molar-refractivity contribution in [2.45, 2.75) is 32.7 Å². The Labute approximate surface area is 126 Å². The summed E-state index contributed by atoms with van der Waals surface area (Å²) in [4.78, 5) is 16.0. The zero-order valence-corrected chi connectivity index (χ0v) is 12.6. The minimum atomic E-state index is -0.0470. The smallest absolute Gasteiger partial charge is 0.251 e. The Balaban J connectivity index is 1.80. The number of rotatable bonds is 6. The third-order valence-corrected chi connectivity index (χ3v) is 3.78. The van der Waals surface area contributed by atoms with Crippen LogP contribution in [0, 0.1) is 5.92 Å². The molecule has 114 valence electrons. The molecule has 1 aliphatic rings. The fourth-order valence-corrected chi connectivity index (χ4v) is 2.20. The fourth-order valence-electron chi connectivity index (χ4n) is 2.20. The third-order valence-electron chi connectivity index (χ3n) is 3.78. The Morgan fingerprint density at radius 2 is 2.00 bits per heavy atom. The number of nitrogens with zero attached hydrogens (tertiary/aromatic N) is 1. The predicted molar refractivity (Wildman–Crippen MR) is 85.1 cm³/mol. The van der Waals surface area contributed by atoms with Gasteiger partial charge in [0, 0.05) is 18.7 Å². The summed E-state index contributed by atoms with van der Waals surface area (Å²) in [6.07, 6.45) is 3.92. The normalized spacial score (nSPS) is 15.4. The highest BCUT2D eigenvalue weighted by molar-refractivity contribution is 5.94. The summed E-state index contributed by atoms with van der Waals surface area (Å²) in [5.41, 5.74) is 7.55. The van der Waals surface area contributed by atoms with E-state index in [0.29, 0.717) is 24.6 Å². The van der Waals surface area contributed by atoms with Gasteiger partial charge in [-0.3, -0.25) is 4.79 Å². The number of amides is 1. The molecule has 1 aromatic rings. The van der Waals surface area contributed by atoms with Gasteiger partial charge in [0.25, 0.3) is 5.91 Å². The van der Waals surface area contributed by atoms with Crippen LogP contribution in [0.25, 0.3) is 0 Å². The van der Waals surface area contributed by atoms with Crippen LogP contribution in [0.2, 0.25) is 0 Å². The highest BCUT2D eigenvalue weighted by Crippen LogP contribution is 2.24. The van der Waals surface area contributed by atoms with Crippen LogP contribution < -0.4 is 16.4 Å². The first-order valence-electron chi connectivity index (χ1n) is 7.60. The van der Waals surface area contributed by atoms with E-state index in [9.17, 15) is 4.79 Å². The third kappa shape index (κ3) is 4.77. The summed E-state index contributed by atoms with van der Waals surface area (Å²) in [6, 6.07) is 7.45. The molecule has 1 saturated carbocycles. The zero-order chi connectivity index (χ0) is 15.1. The van der Waals surface area contributed by atoms with Gasteiger partial charge in [0.05, 0.1) is 6.54 Å². The van der Waals surface area contributed by atoms with Crippen LogP contribution >= 0.6 is 0 Å². The molecule has 21 heavy (non-hydrogen) atoms. The van der Waals surface area contributed by atoms with Crippen LogP contribution in [0.3, 0.4) is 0 Å². The highest BCUT2D eigenvalue weighted by atomic mass is 16.1.